The molecule has 0 aromatic heterocycles. The van der Waals surface area contributed by atoms with Crippen molar-refractivity contribution >= 4 is 17.3 Å². The highest BCUT2D eigenvalue weighted by Crippen LogP contribution is 2.27. The average Bonchev–Trinajstić information content (AvgIpc) is 2.45. The zero-order valence-corrected chi connectivity index (χ0v) is 12.1. The van der Waals surface area contributed by atoms with E-state index in [9.17, 15) is 0 Å². The maximum absolute atomic E-state index is 8.88. The van der Waals surface area contributed by atoms with Crippen molar-refractivity contribution in [1.29, 1.82) is 5.26 Å². The van der Waals surface area contributed by atoms with Crippen LogP contribution in [0.3, 0.4) is 0 Å². The molecule has 1 aliphatic heterocycles. The third-order valence-corrected chi connectivity index (χ3v) is 4.05. The molecule has 19 heavy (non-hydrogen) atoms. The lowest BCUT2D eigenvalue weighted by molar-refractivity contribution is 0.386. The molecular formula is C15H20ClN3. The summed E-state index contributed by atoms with van der Waals surface area (Å²) in [6.45, 7) is 6.45. The van der Waals surface area contributed by atoms with E-state index in [0.29, 0.717) is 10.6 Å². The van der Waals surface area contributed by atoms with E-state index < -0.39 is 0 Å². The van der Waals surface area contributed by atoms with Gasteiger partial charge >= 0.3 is 0 Å². The molecule has 0 saturated carbocycles. The first-order chi connectivity index (χ1) is 9.24. The van der Waals surface area contributed by atoms with Crippen LogP contribution < -0.4 is 10.2 Å². The molecule has 3 nitrogen and oxygen atoms in total. The van der Waals surface area contributed by atoms with Crippen LogP contribution in [0.15, 0.2) is 18.2 Å². The number of nitrogens with one attached hydrogen (secondary N) is 1. The fourth-order valence-corrected chi connectivity index (χ4v) is 2.75. The first kappa shape index (κ1) is 14.2. The Hall–Kier alpha value is -1.24. The predicted molar refractivity (Wildman–Crippen MR) is 79.6 cm³/mol. The third-order valence-electron chi connectivity index (χ3n) is 3.74. The average molecular weight is 278 g/mol. The Balaban J connectivity index is 1.94. The van der Waals surface area contributed by atoms with Gasteiger partial charge in [0, 0.05) is 18.8 Å². The molecular weight excluding hydrogens is 258 g/mol. The molecule has 1 aromatic carbocycles. The number of nitriles is 1. The minimum Gasteiger partial charge on any atom is -0.371 e. The lowest BCUT2D eigenvalue weighted by Gasteiger charge is -2.33. The fourth-order valence-electron chi connectivity index (χ4n) is 2.54. The molecule has 2 rings (SSSR count). The number of piperidine rings is 1. The van der Waals surface area contributed by atoms with Crippen molar-refractivity contribution in [2.24, 2.45) is 5.92 Å². The summed E-state index contributed by atoms with van der Waals surface area (Å²) in [6, 6.07) is 7.81. The zero-order valence-electron chi connectivity index (χ0n) is 11.3. The third kappa shape index (κ3) is 3.62. The summed E-state index contributed by atoms with van der Waals surface area (Å²) in [5.74, 6) is 0.782. The first-order valence-corrected chi connectivity index (χ1v) is 7.27. The number of hydrogen-bond donors (Lipinski definition) is 1. The van der Waals surface area contributed by atoms with Crippen molar-refractivity contribution in [3.63, 3.8) is 0 Å². The van der Waals surface area contributed by atoms with Gasteiger partial charge in [0.05, 0.1) is 10.6 Å². The van der Waals surface area contributed by atoms with Gasteiger partial charge in [0.2, 0.25) is 0 Å². The molecule has 0 spiro atoms. The van der Waals surface area contributed by atoms with Crippen LogP contribution in [0, 0.1) is 17.2 Å². The van der Waals surface area contributed by atoms with E-state index >= 15 is 0 Å². The molecule has 1 fully saturated rings. The van der Waals surface area contributed by atoms with E-state index in [-0.39, 0.29) is 0 Å². The summed E-state index contributed by atoms with van der Waals surface area (Å²) >= 11 is 6.09. The minimum atomic E-state index is 0.549. The van der Waals surface area contributed by atoms with Crippen molar-refractivity contribution in [2.75, 3.05) is 31.1 Å². The fraction of sp³-hybridized carbons (Fsp3) is 0.533. The van der Waals surface area contributed by atoms with Crippen molar-refractivity contribution in [3.8, 4) is 6.07 Å². The van der Waals surface area contributed by atoms with E-state index in [1.807, 2.05) is 18.2 Å². The number of hydrogen-bond acceptors (Lipinski definition) is 3. The summed E-state index contributed by atoms with van der Waals surface area (Å²) in [6.07, 6.45) is 2.43. The van der Waals surface area contributed by atoms with E-state index in [0.717, 1.165) is 37.8 Å². The van der Waals surface area contributed by atoms with Gasteiger partial charge in [-0.3, -0.25) is 0 Å². The normalized spacial score (nSPS) is 16.4. The van der Waals surface area contributed by atoms with Gasteiger partial charge in [0.15, 0.2) is 0 Å². The van der Waals surface area contributed by atoms with Gasteiger partial charge in [-0.25, -0.2) is 0 Å². The van der Waals surface area contributed by atoms with Crippen molar-refractivity contribution in [3.05, 3.63) is 28.8 Å². The number of nitrogens with zero attached hydrogens (tertiary/aromatic N) is 2. The summed E-state index contributed by atoms with van der Waals surface area (Å²) in [5.41, 5.74) is 1.68. The largest absolute Gasteiger partial charge is 0.371 e. The Bertz CT molecular complexity index is 459. The number of anilines is 1. The highest BCUT2D eigenvalue weighted by Gasteiger charge is 2.19. The standard InChI is InChI=1S/C15H20ClN3/c1-2-18-11-12-5-7-19(8-6-12)14-4-3-13(10-17)15(16)9-14/h3-4,9,12,18H,2,5-8,11H2,1H3. The molecule has 0 aliphatic carbocycles. The minimum absolute atomic E-state index is 0.549. The summed E-state index contributed by atoms with van der Waals surface area (Å²) in [4.78, 5) is 2.36. The van der Waals surface area contributed by atoms with Gasteiger partial charge in [0.1, 0.15) is 6.07 Å². The highest BCUT2D eigenvalue weighted by atomic mass is 35.5. The van der Waals surface area contributed by atoms with Crippen molar-refractivity contribution in [2.45, 2.75) is 19.8 Å². The van der Waals surface area contributed by atoms with E-state index in [4.69, 9.17) is 16.9 Å². The Labute approximate surface area is 120 Å². The molecule has 0 bridgehead atoms. The van der Waals surface area contributed by atoms with Gasteiger partial charge in [-0.15, -0.1) is 0 Å². The molecule has 1 saturated heterocycles. The van der Waals surface area contributed by atoms with Crippen LogP contribution in [0.2, 0.25) is 5.02 Å². The lowest BCUT2D eigenvalue weighted by atomic mass is 9.96. The summed E-state index contributed by atoms with van der Waals surface area (Å²) in [5, 5.41) is 12.9. The van der Waals surface area contributed by atoms with Crippen LogP contribution in [0.1, 0.15) is 25.3 Å². The highest BCUT2D eigenvalue weighted by molar-refractivity contribution is 6.32. The van der Waals surface area contributed by atoms with E-state index in [1.54, 1.807) is 0 Å². The van der Waals surface area contributed by atoms with Crippen molar-refractivity contribution in [1.82, 2.24) is 5.32 Å². The Morgan fingerprint density at radius 1 is 1.42 bits per heavy atom. The van der Waals surface area contributed by atoms with Crippen molar-refractivity contribution < 1.29 is 0 Å². The molecule has 4 heteroatoms. The van der Waals surface area contributed by atoms with Crippen LogP contribution in [0.5, 0.6) is 0 Å². The van der Waals surface area contributed by atoms with Crippen LogP contribution >= 0.6 is 11.6 Å². The second-order valence-corrected chi connectivity index (χ2v) is 5.42. The molecule has 1 aliphatic rings. The Morgan fingerprint density at radius 3 is 2.74 bits per heavy atom. The van der Waals surface area contributed by atoms with Crippen LogP contribution in [-0.4, -0.2) is 26.2 Å². The lowest BCUT2D eigenvalue weighted by Crippen LogP contribution is -2.37. The molecule has 1 N–H and O–H groups in total. The predicted octanol–water partition coefficient (Wildman–Crippen LogP) is 3.04. The SMILES string of the molecule is CCNCC1CCN(c2ccc(C#N)c(Cl)c2)CC1. The Kier molecular flexibility index (Phi) is 5.07. The molecule has 0 atom stereocenters. The smallest absolute Gasteiger partial charge is 0.101 e. The summed E-state index contributed by atoms with van der Waals surface area (Å²) < 4.78 is 0. The van der Waals surface area contributed by atoms with E-state index in [2.05, 4.69) is 23.2 Å². The van der Waals surface area contributed by atoms with Crippen LogP contribution in [-0.2, 0) is 0 Å². The second-order valence-electron chi connectivity index (χ2n) is 5.01. The molecule has 0 unspecified atom stereocenters. The quantitative estimate of drug-likeness (QED) is 0.919. The number of benzene rings is 1. The number of halogens is 1. The summed E-state index contributed by atoms with van der Waals surface area (Å²) in [7, 11) is 0. The van der Waals surface area contributed by atoms with Gasteiger partial charge in [-0.2, -0.15) is 5.26 Å². The molecule has 1 heterocycles. The molecule has 0 radical (unpaired) electrons. The van der Waals surface area contributed by atoms with Gasteiger partial charge in [-0.1, -0.05) is 18.5 Å². The molecule has 102 valence electrons. The molecule has 0 amide bonds. The number of rotatable bonds is 4. The maximum atomic E-state index is 8.88. The molecule has 1 aromatic rings. The van der Waals surface area contributed by atoms with Gasteiger partial charge < -0.3 is 10.2 Å². The zero-order chi connectivity index (χ0) is 13.7. The monoisotopic (exact) mass is 277 g/mol. The van der Waals surface area contributed by atoms with Crippen LogP contribution in [0.25, 0.3) is 0 Å². The maximum Gasteiger partial charge on any atom is 0.101 e. The van der Waals surface area contributed by atoms with Gasteiger partial charge in [0.25, 0.3) is 0 Å². The first-order valence-electron chi connectivity index (χ1n) is 6.90. The van der Waals surface area contributed by atoms with E-state index in [1.165, 1.54) is 12.8 Å². The van der Waals surface area contributed by atoms with Crippen LogP contribution in [0.4, 0.5) is 5.69 Å². The van der Waals surface area contributed by atoms with Gasteiger partial charge in [-0.05, 0) is 50.0 Å². The topological polar surface area (TPSA) is 39.1 Å². The Morgan fingerprint density at radius 2 is 2.16 bits per heavy atom. The second kappa shape index (κ2) is 6.79.